The van der Waals surface area contributed by atoms with Crippen LogP contribution in [-0.2, 0) is 4.79 Å². The van der Waals surface area contributed by atoms with Crippen LogP contribution in [0.5, 0.6) is 11.5 Å². The summed E-state index contributed by atoms with van der Waals surface area (Å²) in [5.41, 5.74) is 0.872. The molecule has 0 saturated heterocycles. The Bertz CT molecular complexity index is 471. The maximum atomic E-state index is 11.8. The Morgan fingerprint density at radius 3 is 2.94 bits per heavy atom. The summed E-state index contributed by atoms with van der Waals surface area (Å²) in [7, 11) is 1.86. The number of hydrogen-bond donors (Lipinski definition) is 1. The minimum atomic E-state index is 0.121. The minimum Gasteiger partial charge on any atom is -0.454 e. The highest BCUT2D eigenvalue weighted by Gasteiger charge is 2.29. The van der Waals surface area contributed by atoms with Gasteiger partial charge in [0, 0.05) is 24.8 Å². The number of likely N-dealkylation sites (N-methyl/N-ethyl adjacent to an activating group) is 1. The quantitative estimate of drug-likeness (QED) is 0.876. The summed E-state index contributed by atoms with van der Waals surface area (Å²) in [6, 6.07) is 6.04. The summed E-state index contributed by atoms with van der Waals surface area (Å²) < 4.78 is 10.5. The Balaban J connectivity index is 1.58. The van der Waals surface area contributed by atoms with Crippen LogP contribution in [0.15, 0.2) is 18.2 Å². The lowest BCUT2D eigenvalue weighted by Gasteiger charge is -2.16. The topological polar surface area (TPSA) is 50.8 Å². The zero-order chi connectivity index (χ0) is 12.5. The van der Waals surface area contributed by atoms with Crippen molar-refractivity contribution in [2.45, 2.75) is 18.9 Å². The number of ether oxygens (including phenoxy) is 2. The lowest BCUT2D eigenvalue weighted by molar-refractivity contribution is -0.128. The molecule has 1 N–H and O–H groups in total. The first-order valence-electron chi connectivity index (χ1n) is 6.13. The number of amides is 1. The molecule has 1 heterocycles. The van der Waals surface area contributed by atoms with Crippen molar-refractivity contribution in [2.75, 3.05) is 25.7 Å². The van der Waals surface area contributed by atoms with Crippen LogP contribution in [-0.4, -0.2) is 37.2 Å². The van der Waals surface area contributed by atoms with E-state index in [0.29, 0.717) is 12.6 Å². The van der Waals surface area contributed by atoms with E-state index in [-0.39, 0.29) is 12.7 Å². The highest BCUT2D eigenvalue weighted by atomic mass is 16.7. The van der Waals surface area contributed by atoms with Gasteiger partial charge in [-0.1, -0.05) is 0 Å². The number of anilines is 1. The van der Waals surface area contributed by atoms with E-state index in [0.717, 1.165) is 30.0 Å². The fourth-order valence-corrected chi connectivity index (χ4v) is 1.97. The van der Waals surface area contributed by atoms with Crippen molar-refractivity contribution in [3.05, 3.63) is 18.2 Å². The predicted octanol–water partition coefficient (Wildman–Crippen LogP) is 1.45. The number of nitrogens with zero attached hydrogens (tertiary/aromatic N) is 1. The van der Waals surface area contributed by atoms with Gasteiger partial charge in [-0.25, -0.2) is 0 Å². The molecule has 1 aliphatic heterocycles. The Hall–Kier alpha value is -1.91. The number of benzene rings is 1. The van der Waals surface area contributed by atoms with Gasteiger partial charge < -0.3 is 19.7 Å². The summed E-state index contributed by atoms with van der Waals surface area (Å²) in [5.74, 6) is 1.60. The molecule has 2 aliphatic rings. The SMILES string of the molecule is CN(C(=O)CNc1ccc2c(c1)OCO2)C1CC1. The van der Waals surface area contributed by atoms with Gasteiger partial charge >= 0.3 is 0 Å². The lowest BCUT2D eigenvalue weighted by atomic mass is 10.3. The molecular formula is C13H16N2O3. The standard InChI is InChI=1S/C13H16N2O3/c1-15(10-3-4-10)13(16)7-14-9-2-5-11-12(6-9)18-8-17-11/h2,5-6,10,14H,3-4,7-8H2,1H3. The molecule has 0 aromatic heterocycles. The second-order valence-electron chi connectivity index (χ2n) is 4.66. The first-order chi connectivity index (χ1) is 8.74. The van der Waals surface area contributed by atoms with Crippen LogP contribution >= 0.6 is 0 Å². The van der Waals surface area contributed by atoms with E-state index in [1.165, 1.54) is 0 Å². The zero-order valence-corrected chi connectivity index (χ0v) is 10.3. The number of rotatable bonds is 4. The van der Waals surface area contributed by atoms with Crippen LogP contribution in [0.4, 0.5) is 5.69 Å². The third-order valence-corrected chi connectivity index (χ3v) is 3.30. The van der Waals surface area contributed by atoms with Gasteiger partial charge in [-0.2, -0.15) is 0 Å². The highest BCUT2D eigenvalue weighted by molar-refractivity contribution is 5.81. The van der Waals surface area contributed by atoms with Gasteiger partial charge in [-0.15, -0.1) is 0 Å². The Labute approximate surface area is 106 Å². The van der Waals surface area contributed by atoms with Crippen molar-refractivity contribution in [1.82, 2.24) is 4.90 Å². The predicted molar refractivity (Wildman–Crippen MR) is 66.8 cm³/mol. The molecule has 3 rings (SSSR count). The van der Waals surface area contributed by atoms with E-state index in [4.69, 9.17) is 9.47 Å². The Morgan fingerprint density at radius 1 is 1.39 bits per heavy atom. The van der Waals surface area contributed by atoms with Crippen LogP contribution < -0.4 is 14.8 Å². The Kier molecular flexibility index (Phi) is 2.74. The maximum Gasteiger partial charge on any atom is 0.241 e. The van der Waals surface area contributed by atoms with Gasteiger partial charge in [0.1, 0.15) is 0 Å². The number of nitrogens with one attached hydrogen (secondary N) is 1. The number of hydrogen-bond acceptors (Lipinski definition) is 4. The molecule has 5 nitrogen and oxygen atoms in total. The van der Waals surface area contributed by atoms with Crippen molar-refractivity contribution in [3.8, 4) is 11.5 Å². The molecule has 5 heteroatoms. The fourth-order valence-electron chi connectivity index (χ4n) is 1.97. The van der Waals surface area contributed by atoms with Gasteiger partial charge in [-0.05, 0) is 25.0 Å². The molecule has 0 spiro atoms. The average Bonchev–Trinajstić information content (AvgIpc) is 3.13. The van der Waals surface area contributed by atoms with E-state index >= 15 is 0 Å². The molecule has 1 fully saturated rings. The molecule has 96 valence electrons. The molecular weight excluding hydrogens is 232 g/mol. The summed E-state index contributed by atoms with van der Waals surface area (Å²) in [6.07, 6.45) is 2.26. The van der Waals surface area contributed by atoms with E-state index in [2.05, 4.69) is 5.32 Å². The van der Waals surface area contributed by atoms with Crippen LogP contribution in [0, 0.1) is 0 Å². The van der Waals surface area contributed by atoms with Crippen molar-refractivity contribution in [2.24, 2.45) is 0 Å². The molecule has 1 saturated carbocycles. The molecule has 1 aromatic carbocycles. The van der Waals surface area contributed by atoms with E-state index < -0.39 is 0 Å². The van der Waals surface area contributed by atoms with Crippen LogP contribution in [0.1, 0.15) is 12.8 Å². The van der Waals surface area contributed by atoms with Crippen LogP contribution in [0.3, 0.4) is 0 Å². The van der Waals surface area contributed by atoms with Gasteiger partial charge in [0.25, 0.3) is 0 Å². The molecule has 18 heavy (non-hydrogen) atoms. The highest BCUT2D eigenvalue weighted by Crippen LogP contribution is 2.34. The molecule has 1 aromatic rings. The summed E-state index contributed by atoms with van der Waals surface area (Å²) >= 11 is 0. The lowest BCUT2D eigenvalue weighted by Crippen LogP contribution is -2.33. The van der Waals surface area contributed by atoms with E-state index in [1.807, 2.05) is 30.1 Å². The second kappa shape index (κ2) is 4.40. The summed E-state index contributed by atoms with van der Waals surface area (Å²) in [4.78, 5) is 13.7. The monoisotopic (exact) mass is 248 g/mol. The van der Waals surface area contributed by atoms with Gasteiger partial charge in [-0.3, -0.25) is 4.79 Å². The molecule has 0 unspecified atom stereocenters. The van der Waals surface area contributed by atoms with Crippen molar-refractivity contribution in [1.29, 1.82) is 0 Å². The first kappa shape index (κ1) is 11.2. The van der Waals surface area contributed by atoms with Crippen LogP contribution in [0.25, 0.3) is 0 Å². The Morgan fingerprint density at radius 2 is 2.17 bits per heavy atom. The smallest absolute Gasteiger partial charge is 0.241 e. The summed E-state index contributed by atoms with van der Waals surface area (Å²) in [6.45, 7) is 0.578. The number of carbonyl (C=O) groups excluding carboxylic acids is 1. The van der Waals surface area contributed by atoms with E-state index in [9.17, 15) is 4.79 Å². The maximum absolute atomic E-state index is 11.8. The number of fused-ring (bicyclic) bond motifs is 1. The summed E-state index contributed by atoms with van der Waals surface area (Å²) in [5, 5.41) is 3.11. The molecule has 0 radical (unpaired) electrons. The van der Waals surface area contributed by atoms with Gasteiger partial charge in [0.15, 0.2) is 11.5 Å². The molecule has 0 bridgehead atoms. The van der Waals surface area contributed by atoms with Gasteiger partial charge in [0.2, 0.25) is 12.7 Å². The largest absolute Gasteiger partial charge is 0.454 e. The minimum absolute atomic E-state index is 0.121. The third-order valence-electron chi connectivity index (χ3n) is 3.30. The van der Waals surface area contributed by atoms with Gasteiger partial charge in [0.05, 0.1) is 6.54 Å². The molecule has 0 atom stereocenters. The normalized spacial score (nSPS) is 16.5. The van der Waals surface area contributed by atoms with Crippen molar-refractivity contribution >= 4 is 11.6 Å². The number of carbonyl (C=O) groups is 1. The zero-order valence-electron chi connectivity index (χ0n) is 10.3. The molecule has 1 aliphatic carbocycles. The van der Waals surface area contributed by atoms with E-state index in [1.54, 1.807) is 0 Å². The average molecular weight is 248 g/mol. The van der Waals surface area contributed by atoms with Crippen molar-refractivity contribution < 1.29 is 14.3 Å². The van der Waals surface area contributed by atoms with Crippen molar-refractivity contribution in [3.63, 3.8) is 0 Å². The van der Waals surface area contributed by atoms with Crippen LogP contribution in [0.2, 0.25) is 0 Å². The third kappa shape index (κ3) is 2.20. The fraction of sp³-hybridized carbons (Fsp3) is 0.462. The second-order valence-corrected chi connectivity index (χ2v) is 4.66. The first-order valence-corrected chi connectivity index (χ1v) is 6.13. The molecule has 1 amide bonds.